The molecule has 29 heavy (non-hydrogen) atoms. The van der Waals surface area contributed by atoms with Gasteiger partial charge in [0.1, 0.15) is 22.9 Å². The molecule has 0 bridgehead atoms. The summed E-state index contributed by atoms with van der Waals surface area (Å²) in [6.45, 7) is 2.09. The van der Waals surface area contributed by atoms with E-state index in [1.54, 1.807) is 30.7 Å². The number of aromatic nitrogens is 3. The van der Waals surface area contributed by atoms with Crippen LogP contribution in [0.4, 0.5) is 0 Å². The second-order valence-corrected chi connectivity index (χ2v) is 7.61. The fourth-order valence-electron chi connectivity index (χ4n) is 2.98. The minimum absolute atomic E-state index is 0.670. The van der Waals surface area contributed by atoms with Crippen LogP contribution in [0.1, 0.15) is 5.56 Å². The van der Waals surface area contributed by atoms with E-state index in [1.165, 1.54) is 10.5 Å². The molecule has 4 rings (SSSR count). The van der Waals surface area contributed by atoms with Crippen LogP contribution in [0.2, 0.25) is 0 Å². The summed E-state index contributed by atoms with van der Waals surface area (Å²) in [4.78, 5) is 2.32. The maximum absolute atomic E-state index is 5.50. The number of methoxy groups -OCH3 is 2. The molecule has 0 aliphatic carbocycles. The molecule has 0 saturated heterocycles. The minimum Gasteiger partial charge on any atom is -0.497 e. The predicted octanol–water partition coefficient (Wildman–Crippen LogP) is 5.41. The maximum atomic E-state index is 5.50. The van der Waals surface area contributed by atoms with Crippen molar-refractivity contribution in [2.24, 2.45) is 0 Å². The van der Waals surface area contributed by atoms with Crippen LogP contribution in [0.3, 0.4) is 0 Å². The Morgan fingerprint density at radius 1 is 0.897 bits per heavy atom. The first-order valence-electron chi connectivity index (χ1n) is 9.16. The molecular formula is C23H21N3O2S. The molecular weight excluding hydrogens is 382 g/mol. The van der Waals surface area contributed by atoms with Crippen molar-refractivity contribution >= 4 is 11.8 Å². The highest BCUT2D eigenvalue weighted by molar-refractivity contribution is 7.99. The Kier molecular flexibility index (Phi) is 5.53. The Morgan fingerprint density at radius 2 is 1.69 bits per heavy atom. The highest BCUT2D eigenvalue weighted by atomic mass is 32.2. The van der Waals surface area contributed by atoms with Crippen LogP contribution < -0.4 is 9.47 Å². The molecule has 1 aromatic heterocycles. The summed E-state index contributed by atoms with van der Waals surface area (Å²) < 4.78 is 12.5. The van der Waals surface area contributed by atoms with Crippen molar-refractivity contribution in [3.63, 3.8) is 0 Å². The molecule has 5 nitrogen and oxygen atoms in total. The Hall–Kier alpha value is -3.25. The molecule has 0 N–H and O–H groups in total. The van der Waals surface area contributed by atoms with Crippen molar-refractivity contribution in [1.82, 2.24) is 15.0 Å². The van der Waals surface area contributed by atoms with Gasteiger partial charge in [0.15, 0.2) is 0 Å². The second-order valence-electron chi connectivity index (χ2n) is 6.50. The van der Waals surface area contributed by atoms with Crippen LogP contribution >= 0.6 is 11.8 Å². The lowest BCUT2D eigenvalue weighted by molar-refractivity contribution is 0.392. The van der Waals surface area contributed by atoms with Gasteiger partial charge < -0.3 is 9.47 Å². The molecule has 1 heterocycles. The van der Waals surface area contributed by atoms with E-state index in [1.807, 2.05) is 36.5 Å². The summed E-state index contributed by atoms with van der Waals surface area (Å²) in [6, 6.07) is 22.4. The van der Waals surface area contributed by atoms with Crippen LogP contribution in [0, 0.1) is 6.92 Å². The lowest BCUT2D eigenvalue weighted by Crippen LogP contribution is -1.99. The quantitative estimate of drug-likeness (QED) is 0.431. The smallest absolute Gasteiger partial charge is 0.148 e. The number of nitrogens with zero attached hydrogens (tertiary/aromatic N) is 3. The average molecular weight is 404 g/mol. The molecule has 146 valence electrons. The summed E-state index contributed by atoms with van der Waals surface area (Å²) >= 11 is 1.72. The molecule has 6 heteroatoms. The van der Waals surface area contributed by atoms with E-state index in [2.05, 4.69) is 53.6 Å². The zero-order chi connectivity index (χ0) is 20.2. The Bertz CT molecular complexity index is 1120. The first kappa shape index (κ1) is 19.1. The number of hydrogen-bond donors (Lipinski definition) is 0. The van der Waals surface area contributed by atoms with E-state index < -0.39 is 0 Å². The third kappa shape index (κ3) is 4.12. The van der Waals surface area contributed by atoms with Gasteiger partial charge in [-0.2, -0.15) is 0 Å². The predicted molar refractivity (Wildman–Crippen MR) is 115 cm³/mol. The van der Waals surface area contributed by atoms with E-state index in [9.17, 15) is 0 Å². The molecule has 0 fully saturated rings. The van der Waals surface area contributed by atoms with E-state index in [-0.39, 0.29) is 0 Å². The summed E-state index contributed by atoms with van der Waals surface area (Å²) in [5.74, 6) is 1.40. The molecule has 0 unspecified atom stereocenters. The highest BCUT2D eigenvalue weighted by Crippen LogP contribution is 2.36. The standard InChI is InChI=1S/C23H21N3O2S/c1-16-8-11-18(12-9-16)29-23-7-5-4-6-19(23)20-15-26(25-24-20)21-13-10-17(27-2)14-22(21)28-3/h4-15H,1-3H3. The summed E-state index contributed by atoms with van der Waals surface area (Å²) in [5, 5.41) is 8.73. The number of aryl methyl sites for hydroxylation is 1. The van der Waals surface area contributed by atoms with Crippen LogP contribution in [-0.4, -0.2) is 29.2 Å². The fourth-order valence-corrected chi connectivity index (χ4v) is 3.93. The van der Waals surface area contributed by atoms with Gasteiger partial charge >= 0.3 is 0 Å². The van der Waals surface area contributed by atoms with E-state index in [0.717, 1.165) is 27.6 Å². The van der Waals surface area contributed by atoms with Crippen molar-refractivity contribution in [2.45, 2.75) is 16.7 Å². The first-order chi connectivity index (χ1) is 14.2. The van der Waals surface area contributed by atoms with Crippen molar-refractivity contribution in [1.29, 1.82) is 0 Å². The van der Waals surface area contributed by atoms with Crippen LogP contribution in [0.15, 0.2) is 82.7 Å². The van der Waals surface area contributed by atoms with E-state index in [4.69, 9.17) is 9.47 Å². The van der Waals surface area contributed by atoms with Crippen molar-refractivity contribution < 1.29 is 9.47 Å². The van der Waals surface area contributed by atoms with Crippen molar-refractivity contribution in [2.75, 3.05) is 14.2 Å². The number of rotatable bonds is 6. The molecule has 0 amide bonds. The molecule has 4 aromatic rings. The van der Waals surface area contributed by atoms with Gasteiger partial charge in [0.05, 0.1) is 20.4 Å². The molecule has 0 atom stereocenters. The van der Waals surface area contributed by atoms with E-state index in [0.29, 0.717) is 5.75 Å². The van der Waals surface area contributed by atoms with Gasteiger partial charge in [-0.25, -0.2) is 4.68 Å². The van der Waals surface area contributed by atoms with Crippen molar-refractivity contribution in [3.8, 4) is 28.4 Å². The number of hydrogen-bond acceptors (Lipinski definition) is 5. The van der Waals surface area contributed by atoms with Crippen LogP contribution in [0.5, 0.6) is 11.5 Å². The van der Waals surface area contributed by atoms with Crippen molar-refractivity contribution in [3.05, 3.63) is 78.5 Å². The SMILES string of the molecule is COc1ccc(-n2cc(-c3ccccc3Sc3ccc(C)cc3)nn2)c(OC)c1. The molecule has 3 aromatic carbocycles. The Balaban J connectivity index is 1.68. The zero-order valence-corrected chi connectivity index (χ0v) is 17.3. The Morgan fingerprint density at radius 3 is 2.45 bits per heavy atom. The molecule has 0 aliphatic rings. The minimum atomic E-state index is 0.670. The molecule has 0 spiro atoms. The first-order valence-corrected chi connectivity index (χ1v) is 9.98. The number of ether oxygens (including phenoxy) is 2. The van der Waals surface area contributed by atoms with Gasteiger partial charge in [0, 0.05) is 21.4 Å². The number of benzene rings is 3. The monoisotopic (exact) mass is 403 g/mol. The maximum Gasteiger partial charge on any atom is 0.148 e. The van der Waals surface area contributed by atoms with Gasteiger partial charge in [-0.05, 0) is 37.3 Å². The normalized spacial score (nSPS) is 10.7. The summed E-state index contributed by atoms with van der Waals surface area (Å²) in [5.41, 5.74) is 3.89. The van der Waals surface area contributed by atoms with Gasteiger partial charge in [-0.1, -0.05) is 52.9 Å². The second kappa shape index (κ2) is 8.41. The lowest BCUT2D eigenvalue weighted by Gasteiger charge is -2.09. The average Bonchev–Trinajstić information content (AvgIpc) is 3.25. The molecule has 0 radical (unpaired) electrons. The third-order valence-electron chi connectivity index (χ3n) is 4.54. The molecule has 0 saturated carbocycles. The Labute approximate surface area is 174 Å². The topological polar surface area (TPSA) is 49.2 Å². The van der Waals surface area contributed by atoms with Crippen LogP contribution in [0.25, 0.3) is 16.9 Å². The lowest BCUT2D eigenvalue weighted by atomic mass is 10.2. The van der Waals surface area contributed by atoms with E-state index >= 15 is 0 Å². The van der Waals surface area contributed by atoms with Gasteiger partial charge in [0.2, 0.25) is 0 Å². The van der Waals surface area contributed by atoms with Gasteiger partial charge in [0.25, 0.3) is 0 Å². The fraction of sp³-hybridized carbons (Fsp3) is 0.130. The molecule has 0 aliphatic heterocycles. The summed E-state index contributed by atoms with van der Waals surface area (Å²) in [7, 11) is 3.26. The highest BCUT2D eigenvalue weighted by Gasteiger charge is 2.13. The summed E-state index contributed by atoms with van der Waals surface area (Å²) in [6.07, 6.45) is 1.92. The zero-order valence-electron chi connectivity index (χ0n) is 16.5. The van der Waals surface area contributed by atoms with Gasteiger partial charge in [-0.15, -0.1) is 5.10 Å². The largest absolute Gasteiger partial charge is 0.497 e. The third-order valence-corrected chi connectivity index (χ3v) is 5.62. The van der Waals surface area contributed by atoms with Crippen LogP contribution in [-0.2, 0) is 0 Å². The van der Waals surface area contributed by atoms with Gasteiger partial charge in [-0.3, -0.25) is 0 Å².